The van der Waals surface area contributed by atoms with E-state index in [1.165, 1.54) is 0 Å². The van der Waals surface area contributed by atoms with Gasteiger partial charge in [-0.3, -0.25) is 0 Å². The van der Waals surface area contributed by atoms with Crippen LogP contribution in [-0.4, -0.2) is 13.1 Å². The van der Waals surface area contributed by atoms with E-state index in [0.29, 0.717) is 5.92 Å². The predicted octanol–water partition coefficient (Wildman–Crippen LogP) is 0.756. The summed E-state index contributed by atoms with van der Waals surface area (Å²) in [7, 11) is 0. The van der Waals surface area contributed by atoms with Gasteiger partial charge in [0.15, 0.2) is 0 Å². The molecule has 0 bridgehead atoms. The predicted molar refractivity (Wildman–Crippen MR) is 35.8 cm³/mol. The van der Waals surface area contributed by atoms with E-state index in [9.17, 15) is 0 Å². The van der Waals surface area contributed by atoms with Crippen molar-refractivity contribution in [2.45, 2.75) is 13.3 Å². The monoisotopic (exact) mass is 124 g/mol. The first-order chi connectivity index (χ1) is 4.33. The Kier molecular flexibility index (Phi) is 2.07. The van der Waals surface area contributed by atoms with Crippen molar-refractivity contribution in [2.75, 3.05) is 13.1 Å². The Hall–Kier alpha value is -0.550. The van der Waals surface area contributed by atoms with Crippen LogP contribution in [0.15, 0.2) is 0 Å². The van der Waals surface area contributed by atoms with Crippen molar-refractivity contribution in [3.63, 3.8) is 0 Å². The van der Waals surface area contributed by atoms with E-state index >= 15 is 0 Å². The van der Waals surface area contributed by atoms with Gasteiger partial charge in [0.25, 0.3) is 0 Å². The fourth-order valence-corrected chi connectivity index (χ4v) is 1.25. The number of piperidine rings is 1. The summed E-state index contributed by atoms with van der Waals surface area (Å²) in [5, 5.41) is 11.7. The number of nitrogens with one attached hydrogen (secondary N) is 1. The van der Waals surface area contributed by atoms with Crippen LogP contribution in [0.3, 0.4) is 0 Å². The van der Waals surface area contributed by atoms with Gasteiger partial charge in [0.2, 0.25) is 0 Å². The fraction of sp³-hybridized carbons (Fsp3) is 0.857. The molecule has 0 aromatic rings. The lowest BCUT2D eigenvalue weighted by Crippen LogP contribution is -2.34. The normalized spacial score (nSPS) is 35.6. The van der Waals surface area contributed by atoms with Crippen LogP contribution in [0.25, 0.3) is 0 Å². The fourth-order valence-electron chi connectivity index (χ4n) is 1.25. The van der Waals surface area contributed by atoms with Crippen LogP contribution in [0.2, 0.25) is 0 Å². The zero-order valence-electron chi connectivity index (χ0n) is 5.72. The Morgan fingerprint density at radius 2 is 2.33 bits per heavy atom. The van der Waals surface area contributed by atoms with Crippen LogP contribution in [0.4, 0.5) is 0 Å². The minimum absolute atomic E-state index is 0.258. The maximum absolute atomic E-state index is 8.52. The Morgan fingerprint density at radius 1 is 1.56 bits per heavy atom. The van der Waals surface area contributed by atoms with Crippen LogP contribution >= 0.6 is 0 Å². The van der Waals surface area contributed by atoms with Gasteiger partial charge in [-0.15, -0.1) is 0 Å². The third-order valence-corrected chi connectivity index (χ3v) is 1.75. The molecule has 0 amide bonds. The third-order valence-electron chi connectivity index (χ3n) is 1.75. The second kappa shape index (κ2) is 2.84. The highest BCUT2D eigenvalue weighted by molar-refractivity contribution is 4.88. The Bertz CT molecular complexity index is 125. The van der Waals surface area contributed by atoms with Gasteiger partial charge < -0.3 is 5.32 Å². The third kappa shape index (κ3) is 1.69. The number of nitrogens with zero attached hydrogens (tertiary/aromatic N) is 1. The molecule has 2 nitrogen and oxygen atoms in total. The van der Waals surface area contributed by atoms with E-state index in [1.54, 1.807) is 0 Å². The maximum atomic E-state index is 8.52. The lowest BCUT2D eigenvalue weighted by atomic mass is 9.93. The van der Waals surface area contributed by atoms with Gasteiger partial charge in [0, 0.05) is 6.54 Å². The lowest BCUT2D eigenvalue weighted by Gasteiger charge is -2.22. The highest BCUT2D eigenvalue weighted by Gasteiger charge is 2.16. The summed E-state index contributed by atoms with van der Waals surface area (Å²) >= 11 is 0. The molecule has 0 aromatic carbocycles. The van der Waals surface area contributed by atoms with Crippen LogP contribution in [-0.2, 0) is 0 Å². The second-order valence-electron chi connectivity index (χ2n) is 2.83. The lowest BCUT2D eigenvalue weighted by molar-refractivity contribution is 0.351. The molecule has 1 aliphatic rings. The zero-order chi connectivity index (χ0) is 6.69. The van der Waals surface area contributed by atoms with Gasteiger partial charge in [0.1, 0.15) is 0 Å². The first-order valence-electron chi connectivity index (χ1n) is 3.43. The van der Waals surface area contributed by atoms with E-state index in [0.717, 1.165) is 19.5 Å². The summed E-state index contributed by atoms with van der Waals surface area (Å²) in [6.45, 7) is 4.15. The smallest absolute Gasteiger partial charge is 0.0669 e. The Morgan fingerprint density at radius 3 is 2.78 bits per heavy atom. The van der Waals surface area contributed by atoms with Gasteiger partial charge in [-0.05, 0) is 18.9 Å². The molecule has 50 valence electrons. The first-order valence-corrected chi connectivity index (χ1v) is 3.43. The van der Waals surface area contributed by atoms with Crippen LogP contribution in [0.1, 0.15) is 13.3 Å². The van der Waals surface area contributed by atoms with Gasteiger partial charge >= 0.3 is 0 Å². The summed E-state index contributed by atoms with van der Waals surface area (Å²) in [6.07, 6.45) is 1.07. The number of nitriles is 1. The molecule has 0 spiro atoms. The molecular weight excluding hydrogens is 112 g/mol. The van der Waals surface area contributed by atoms with Gasteiger partial charge in [0.05, 0.1) is 12.0 Å². The summed E-state index contributed by atoms with van der Waals surface area (Å²) in [5.74, 6) is 0.942. The van der Waals surface area contributed by atoms with Gasteiger partial charge in [-0.25, -0.2) is 0 Å². The molecule has 1 N–H and O–H groups in total. The van der Waals surface area contributed by atoms with E-state index in [-0.39, 0.29) is 5.92 Å². The van der Waals surface area contributed by atoms with E-state index in [1.807, 2.05) is 0 Å². The standard InChI is InChI=1S/C7H12N2/c1-6-2-7(3-8)5-9-4-6/h6-7,9H,2,4-5H2,1H3. The molecule has 2 atom stereocenters. The molecule has 1 saturated heterocycles. The van der Waals surface area contributed by atoms with Gasteiger partial charge in [-0.1, -0.05) is 6.92 Å². The molecular formula is C7H12N2. The second-order valence-corrected chi connectivity index (χ2v) is 2.83. The van der Waals surface area contributed by atoms with Crippen molar-refractivity contribution in [3.05, 3.63) is 0 Å². The highest BCUT2D eigenvalue weighted by Crippen LogP contribution is 2.13. The molecule has 1 rings (SSSR count). The molecule has 0 aliphatic carbocycles. The van der Waals surface area contributed by atoms with E-state index in [4.69, 9.17) is 5.26 Å². The molecule has 9 heavy (non-hydrogen) atoms. The average molecular weight is 124 g/mol. The Labute approximate surface area is 55.9 Å². The molecule has 2 unspecified atom stereocenters. The molecule has 0 aromatic heterocycles. The van der Waals surface area contributed by atoms with Crippen molar-refractivity contribution in [2.24, 2.45) is 11.8 Å². The largest absolute Gasteiger partial charge is 0.315 e. The number of rotatable bonds is 0. The van der Waals surface area contributed by atoms with Crippen LogP contribution in [0.5, 0.6) is 0 Å². The topological polar surface area (TPSA) is 35.8 Å². The summed E-state index contributed by atoms with van der Waals surface area (Å²) in [6, 6.07) is 2.27. The summed E-state index contributed by atoms with van der Waals surface area (Å²) in [4.78, 5) is 0. The molecule has 1 aliphatic heterocycles. The average Bonchev–Trinajstić information content (AvgIpc) is 1.88. The number of hydrogen-bond donors (Lipinski definition) is 1. The zero-order valence-corrected chi connectivity index (χ0v) is 5.72. The van der Waals surface area contributed by atoms with Crippen molar-refractivity contribution in [1.82, 2.24) is 5.32 Å². The minimum atomic E-state index is 0.258. The van der Waals surface area contributed by atoms with Crippen LogP contribution < -0.4 is 5.32 Å². The summed E-state index contributed by atoms with van der Waals surface area (Å²) in [5.41, 5.74) is 0. The molecule has 1 fully saturated rings. The molecule has 2 heteroatoms. The van der Waals surface area contributed by atoms with Crippen molar-refractivity contribution < 1.29 is 0 Å². The molecule has 0 radical (unpaired) electrons. The summed E-state index contributed by atoms with van der Waals surface area (Å²) < 4.78 is 0. The minimum Gasteiger partial charge on any atom is -0.315 e. The van der Waals surface area contributed by atoms with E-state index < -0.39 is 0 Å². The highest BCUT2D eigenvalue weighted by atomic mass is 14.9. The number of hydrogen-bond acceptors (Lipinski definition) is 2. The van der Waals surface area contributed by atoms with E-state index in [2.05, 4.69) is 18.3 Å². The quantitative estimate of drug-likeness (QED) is 0.517. The van der Waals surface area contributed by atoms with Crippen molar-refractivity contribution >= 4 is 0 Å². The van der Waals surface area contributed by atoms with Crippen LogP contribution in [0, 0.1) is 23.2 Å². The van der Waals surface area contributed by atoms with Crippen molar-refractivity contribution in [3.8, 4) is 6.07 Å². The SMILES string of the molecule is CC1CNCC(C#N)C1. The van der Waals surface area contributed by atoms with Gasteiger partial charge in [-0.2, -0.15) is 5.26 Å². The van der Waals surface area contributed by atoms with Crippen molar-refractivity contribution in [1.29, 1.82) is 5.26 Å². The molecule has 0 saturated carbocycles. The maximum Gasteiger partial charge on any atom is 0.0669 e. The Balaban J connectivity index is 2.34. The first kappa shape index (κ1) is 6.57. The molecule has 1 heterocycles.